The minimum atomic E-state index is -0.207. The fourth-order valence-corrected chi connectivity index (χ4v) is 3.45. The Hall–Kier alpha value is -2.20. The molecule has 0 aliphatic carbocycles. The Labute approximate surface area is 136 Å². The fourth-order valence-electron chi connectivity index (χ4n) is 3.45. The molecule has 0 amide bonds. The van der Waals surface area contributed by atoms with Crippen LogP contribution in [0.1, 0.15) is 23.6 Å². The molecule has 1 saturated heterocycles. The maximum atomic E-state index is 6.08. The van der Waals surface area contributed by atoms with Gasteiger partial charge in [-0.25, -0.2) is 0 Å². The standard InChI is InChI=1S/C19H21NO3/c1-12-6-8-13(9-7-12)20-17-14-4-3-5-16(21-2)18(14)23-19-15(17)10-11-22-19/h3-9,15,17,19-20H,10-11H2,1-2H3/t15-,17-,19+/m1/s1. The molecule has 0 spiro atoms. The number of rotatable bonds is 3. The Morgan fingerprint density at radius 3 is 2.74 bits per heavy atom. The number of hydrogen-bond donors (Lipinski definition) is 1. The van der Waals surface area contributed by atoms with Gasteiger partial charge in [-0.1, -0.05) is 29.8 Å². The van der Waals surface area contributed by atoms with Crippen molar-refractivity contribution >= 4 is 5.69 Å². The molecule has 3 atom stereocenters. The van der Waals surface area contributed by atoms with Crippen LogP contribution in [-0.4, -0.2) is 20.0 Å². The van der Waals surface area contributed by atoms with Crippen molar-refractivity contribution in [2.45, 2.75) is 25.7 Å². The lowest BCUT2D eigenvalue weighted by atomic mass is 9.88. The van der Waals surface area contributed by atoms with Crippen LogP contribution in [0.25, 0.3) is 0 Å². The first kappa shape index (κ1) is 14.4. The van der Waals surface area contributed by atoms with Gasteiger partial charge in [0.15, 0.2) is 11.5 Å². The third-order valence-corrected chi connectivity index (χ3v) is 4.68. The van der Waals surface area contributed by atoms with Crippen molar-refractivity contribution in [3.05, 3.63) is 53.6 Å². The van der Waals surface area contributed by atoms with Gasteiger partial charge in [0.05, 0.1) is 19.8 Å². The third-order valence-electron chi connectivity index (χ3n) is 4.68. The zero-order valence-corrected chi connectivity index (χ0v) is 13.4. The molecule has 0 unspecified atom stereocenters. The molecule has 0 saturated carbocycles. The van der Waals surface area contributed by atoms with Crippen molar-refractivity contribution in [3.63, 3.8) is 0 Å². The lowest BCUT2D eigenvalue weighted by Crippen LogP contribution is -2.36. The van der Waals surface area contributed by atoms with Crippen LogP contribution in [0.2, 0.25) is 0 Å². The molecule has 1 N–H and O–H groups in total. The molecule has 0 bridgehead atoms. The first-order valence-electron chi connectivity index (χ1n) is 8.04. The molecule has 2 heterocycles. The second-order valence-corrected chi connectivity index (χ2v) is 6.18. The minimum absolute atomic E-state index is 0.157. The average Bonchev–Trinajstić information content (AvgIpc) is 3.04. The van der Waals surface area contributed by atoms with Gasteiger partial charge in [0, 0.05) is 17.2 Å². The SMILES string of the molecule is COc1cccc2c1O[C@@H]1OCC[C@@H]1[C@@H]2Nc1ccc(C)cc1. The summed E-state index contributed by atoms with van der Waals surface area (Å²) in [5.41, 5.74) is 3.50. The van der Waals surface area contributed by atoms with E-state index in [1.807, 2.05) is 12.1 Å². The maximum absolute atomic E-state index is 6.08. The summed E-state index contributed by atoms with van der Waals surface area (Å²) >= 11 is 0. The highest BCUT2D eigenvalue weighted by molar-refractivity contribution is 5.54. The summed E-state index contributed by atoms with van der Waals surface area (Å²) in [4.78, 5) is 0. The zero-order valence-electron chi connectivity index (χ0n) is 13.4. The highest BCUT2D eigenvalue weighted by atomic mass is 16.7. The van der Waals surface area contributed by atoms with Gasteiger partial charge < -0.3 is 19.5 Å². The van der Waals surface area contributed by atoms with Gasteiger partial charge in [-0.05, 0) is 31.5 Å². The number of methoxy groups -OCH3 is 1. The second kappa shape index (κ2) is 5.78. The molecular formula is C19H21NO3. The van der Waals surface area contributed by atoms with E-state index in [4.69, 9.17) is 14.2 Å². The first-order valence-corrected chi connectivity index (χ1v) is 8.04. The van der Waals surface area contributed by atoms with E-state index >= 15 is 0 Å². The highest BCUT2D eigenvalue weighted by Crippen LogP contribution is 2.48. The summed E-state index contributed by atoms with van der Waals surface area (Å²) in [6, 6.07) is 14.7. The monoisotopic (exact) mass is 311 g/mol. The number of ether oxygens (including phenoxy) is 3. The van der Waals surface area contributed by atoms with Crippen LogP contribution in [0.3, 0.4) is 0 Å². The molecule has 0 radical (unpaired) electrons. The number of aryl methyl sites for hydroxylation is 1. The van der Waals surface area contributed by atoms with Crippen LogP contribution in [-0.2, 0) is 4.74 Å². The summed E-state index contributed by atoms with van der Waals surface area (Å²) in [6.07, 6.45) is 0.784. The summed E-state index contributed by atoms with van der Waals surface area (Å²) in [5, 5.41) is 3.67. The Bertz CT molecular complexity index is 698. The number of fused-ring (bicyclic) bond motifs is 2. The molecule has 1 fully saturated rings. The number of nitrogens with one attached hydrogen (secondary N) is 1. The van der Waals surface area contributed by atoms with Gasteiger partial charge in [0.25, 0.3) is 0 Å². The summed E-state index contributed by atoms with van der Waals surface area (Å²) < 4.78 is 17.3. The highest BCUT2D eigenvalue weighted by Gasteiger charge is 2.43. The normalized spacial score (nSPS) is 25.2. The Morgan fingerprint density at radius 1 is 1.13 bits per heavy atom. The lowest BCUT2D eigenvalue weighted by Gasteiger charge is -2.36. The summed E-state index contributed by atoms with van der Waals surface area (Å²) in [6.45, 7) is 2.83. The molecule has 4 rings (SSSR count). The molecule has 2 aromatic rings. The smallest absolute Gasteiger partial charge is 0.205 e. The van der Waals surface area contributed by atoms with Crippen molar-refractivity contribution in [1.29, 1.82) is 0 Å². The van der Waals surface area contributed by atoms with Crippen molar-refractivity contribution in [2.75, 3.05) is 19.0 Å². The fraction of sp³-hybridized carbons (Fsp3) is 0.368. The Morgan fingerprint density at radius 2 is 1.96 bits per heavy atom. The molecule has 4 heteroatoms. The van der Waals surface area contributed by atoms with Crippen LogP contribution in [0, 0.1) is 12.8 Å². The molecule has 120 valence electrons. The van der Waals surface area contributed by atoms with Crippen molar-refractivity contribution in [3.8, 4) is 11.5 Å². The van der Waals surface area contributed by atoms with Gasteiger partial charge in [0.1, 0.15) is 0 Å². The van der Waals surface area contributed by atoms with Crippen LogP contribution < -0.4 is 14.8 Å². The molecule has 2 aliphatic rings. The molecule has 0 aromatic heterocycles. The van der Waals surface area contributed by atoms with Crippen LogP contribution in [0.5, 0.6) is 11.5 Å². The van der Waals surface area contributed by atoms with Gasteiger partial charge in [-0.3, -0.25) is 0 Å². The molecule has 23 heavy (non-hydrogen) atoms. The number of benzene rings is 2. The van der Waals surface area contributed by atoms with E-state index < -0.39 is 0 Å². The van der Waals surface area contributed by atoms with E-state index in [9.17, 15) is 0 Å². The van der Waals surface area contributed by atoms with Gasteiger partial charge in [0.2, 0.25) is 6.29 Å². The summed E-state index contributed by atoms with van der Waals surface area (Å²) in [5.74, 6) is 1.85. The van der Waals surface area contributed by atoms with Crippen LogP contribution >= 0.6 is 0 Å². The van der Waals surface area contributed by atoms with Gasteiger partial charge in [-0.15, -0.1) is 0 Å². The molecule has 2 aromatic carbocycles. The zero-order chi connectivity index (χ0) is 15.8. The van der Waals surface area contributed by atoms with E-state index in [-0.39, 0.29) is 12.3 Å². The largest absolute Gasteiger partial charge is 0.493 e. The van der Waals surface area contributed by atoms with E-state index in [1.54, 1.807) is 7.11 Å². The lowest BCUT2D eigenvalue weighted by molar-refractivity contribution is -0.0759. The third kappa shape index (κ3) is 2.53. The van der Waals surface area contributed by atoms with E-state index in [0.717, 1.165) is 35.8 Å². The molecule has 4 nitrogen and oxygen atoms in total. The topological polar surface area (TPSA) is 39.7 Å². The van der Waals surface area contributed by atoms with Crippen LogP contribution in [0.15, 0.2) is 42.5 Å². The number of anilines is 1. The van der Waals surface area contributed by atoms with E-state index in [1.165, 1.54) is 5.56 Å². The first-order chi connectivity index (χ1) is 11.3. The number of para-hydroxylation sites is 1. The second-order valence-electron chi connectivity index (χ2n) is 6.18. The van der Waals surface area contributed by atoms with Crippen LogP contribution in [0.4, 0.5) is 5.69 Å². The maximum Gasteiger partial charge on any atom is 0.205 e. The minimum Gasteiger partial charge on any atom is -0.493 e. The van der Waals surface area contributed by atoms with Crippen molar-refractivity contribution in [2.24, 2.45) is 5.92 Å². The Balaban J connectivity index is 1.73. The molecule has 2 aliphatic heterocycles. The number of hydrogen-bond acceptors (Lipinski definition) is 4. The van der Waals surface area contributed by atoms with E-state index in [0.29, 0.717) is 5.92 Å². The summed E-state index contributed by atoms with van der Waals surface area (Å²) in [7, 11) is 1.67. The average molecular weight is 311 g/mol. The quantitative estimate of drug-likeness (QED) is 0.933. The van der Waals surface area contributed by atoms with Gasteiger partial charge in [-0.2, -0.15) is 0 Å². The molecular weight excluding hydrogens is 290 g/mol. The Kier molecular flexibility index (Phi) is 3.62. The van der Waals surface area contributed by atoms with Crippen molar-refractivity contribution in [1.82, 2.24) is 0 Å². The predicted molar refractivity (Wildman–Crippen MR) is 89.0 cm³/mol. The van der Waals surface area contributed by atoms with Crippen molar-refractivity contribution < 1.29 is 14.2 Å². The predicted octanol–water partition coefficient (Wildman–Crippen LogP) is 3.91. The van der Waals surface area contributed by atoms with E-state index in [2.05, 4.69) is 42.6 Å². The van der Waals surface area contributed by atoms with Gasteiger partial charge >= 0.3 is 0 Å².